The van der Waals surface area contributed by atoms with Crippen molar-refractivity contribution < 1.29 is 33.3 Å². The summed E-state index contributed by atoms with van der Waals surface area (Å²) in [5.41, 5.74) is 0.905. The summed E-state index contributed by atoms with van der Waals surface area (Å²) in [6.45, 7) is 3.49. The Balaban J connectivity index is 1.61. The molecule has 13 heteroatoms. The quantitative estimate of drug-likeness (QED) is 0.533. The van der Waals surface area contributed by atoms with Crippen LogP contribution in [0.2, 0.25) is 5.15 Å². The van der Waals surface area contributed by atoms with Gasteiger partial charge in [0.25, 0.3) is 0 Å². The van der Waals surface area contributed by atoms with Gasteiger partial charge in [0.05, 0.1) is 12.9 Å². The molecule has 0 spiro atoms. The standard InChI is InChI=1S/C14H18ClN4O7P/c1-14(2)25-9-7(3-23-6-27(20,21)22)24-13(10(9)26-14)19-5-18-8-11(15)16-4-17-12(8)19/h4-5,7,9-10,13H,3,6H2,1-2H3,(H2,20,21,22)/t7-,9-,10-,13-/m1/s1. The number of imidazole rings is 1. The fourth-order valence-corrected chi connectivity index (χ4v) is 3.83. The minimum atomic E-state index is -4.27. The lowest BCUT2D eigenvalue weighted by molar-refractivity contribution is -0.201. The Morgan fingerprint density at radius 2 is 2.04 bits per heavy atom. The number of nitrogens with zero attached hydrogens (tertiary/aromatic N) is 4. The topological polar surface area (TPSA) is 138 Å². The van der Waals surface area contributed by atoms with E-state index in [9.17, 15) is 4.57 Å². The molecule has 2 N–H and O–H groups in total. The number of hydrogen-bond donors (Lipinski definition) is 2. The molecule has 2 aromatic heterocycles. The number of halogens is 1. The van der Waals surface area contributed by atoms with Crippen molar-refractivity contribution in [2.75, 3.05) is 13.0 Å². The Hall–Kier alpha value is -1.17. The molecule has 0 saturated carbocycles. The molecule has 0 unspecified atom stereocenters. The zero-order valence-electron chi connectivity index (χ0n) is 14.4. The number of rotatable bonds is 5. The molecule has 27 heavy (non-hydrogen) atoms. The van der Waals surface area contributed by atoms with Gasteiger partial charge in [-0.2, -0.15) is 0 Å². The molecule has 2 aliphatic rings. The van der Waals surface area contributed by atoms with Crippen molar-refractivity contribution in [2.45, 2.75) is 44.2 Å². The maximum atomic E-state index is 11.0. The lowest BCUT2D eigenvalue weighted by atomic mass is 10.1. The predicted octanol–water partition coefficient (Wildman–Crippen LogP) is 1.05. The second-order valence-corrected chi connectivity index (χ2v) is 8.73. The van der Waals surface area contributed by atoms with Gasteiger partial charge < -0.3 is 28.7 Å². The smallest absolute Gasteiger partial charge is 0.350 e. The zero-order valence-corrected chi connectivity index (χ0v) is 16.1. The first-order valence-electron chi connectivity index (χ1n) is 8.11. The summed E-state index contributed by atoms with van der Waals surface area (Å²) in [5.74, 6) is -0.845. The molecule has 0 radical (unpaired) electrons. The number of aromatic nitrogens is 4. The van der Waals surface area contributed by atoms with Crippen molar-refractivity contribution in [3.8, 4) is 0 Å². The zero-order chi connectivity index (χ0) is 19.4. The molecule has 0 amide bonds. The first-order chi connectivity index (χ1) is 12.6. The molecule has 0 aromatic carbocycles. The summed E-state index contributed by atoms with van der Waals surface area (Å²) in [4.78, 5) is 30.3. The average Bonchev–Trinajstić information content (AvgIpc) is 3.19. The van der Waals surface area contributed by atoms with Crippen LogP contribution in [-0.4, -0.2) is 66.4 Å². The molecule has 0 aliphatic carbocycles. The predicted molar refractivity (Wildman–Crippen MR) is 90.9 cm³/mol. The Labute approximate surface area is 158 Å². The molecule has 4 rings (SSSR count). The molecule has 0 bridgehead atoms. The van der Waals surface area contributed by atoms with Crippen molar-refractivity contribution in [3.63, 3.8) is 0 Å². The molecule has 2 saturated heterocycles. The van der Waals surface area contributed by atoms with Crippen LogP contribution >= 0.6 is 19.2 Å². The summed E-state index contributed by atoms with van der Waals surface area (Å²) in [6.07, 6.45) is -0.0478. The van der Waals surface area contributed by atoms with Gasteiger partial charge in [0.2, 0.25) is 0 Å². The first-order valence-corrected chi connectivity index (χ1v) is 10.3. The van der Waals surface area contributed by atoms with E-state index in [1.54, 1.807) is 18.4 Å². The second-order valence-electron chi connectivity index (χ2n) is 6.78. The molecule has 11 nitrogen and oxygen atoms in total. The van der Waals surface area contributed by atoms with E-state index in [2.05, 4.69) is 15.0 Å². The van der Waals surface area contributed by atoms with E-state index < -0.39 is 44.3 Å². The fourth-order valence-electron chi connectivity index (χ4n) is 3.31. The van der Waals surface area contributed by atoms with Crippen molar-refractivity contribution >= 4 is 30.4 Å². The van der Waals surface area contributed by atoms with Gasteiger partial charge in [0, 0.05) is 0 Å². The summed E-state index contributed by atoms with van der Waals surface area (Å²) < 4.78 is 35.7. The third kappa shape index (κ3) is 3.74. The van der Waals surface area contributed by atoms with Crippen LogP contribution in [-0.2, 0) is 23.5 Å². The molecule has 148 valence electrons. The van der Waals surface area contributed by atoms with Crippen LogP contribution < -0.4 is 0 Å². The van der Waals surface area contributed by atoms with Gasteiger partial charge >= 0.3 is 7.60 Å². The SMILES string of the molecule is CC1(C)O[C@@H]2[C@H](O1)[C@@H](COCP(=O)(O)O)O[C@H]2n1cnc2c(Cl)ncnc21. The lowest BCUT2D eigenvalue weighted by Gasteiger charge is -2.24. The Kier molecular flexibility index (Phi) is 4.76. The second kappa shape index (κ2) is 6.71. The van der Waals surface area contributed by atoms with Crippen LogP contribution in [0.5, 0.6) is 0 Å². The van der Waals surface area contributed by atoms with Gasteiger partial charge in [-0.25, -0.2) is 15.0 Å². The van der Waals surface area contributed by atoms with Crippen LogP contribution in [0.4, 0.5) is 0 Å². The Morgan fingerprint density at radius 3 is 2.78 bits per heavy atom. The van der Waals surface area contributed by atoms with Gasteiger partial charge in [-0.05, 0) is 13.8 Å². The highest BCUT2D eigenvalue weighted by molar-refractivity contribution is 7.51. The van der Waals surface area contributed by atoms with Crippen LogP contribution in [0.25, 0.3) is 11.2 Å². The van der Waals surface area contributed by atoms with Crippen molar-refractivity contribution in [2.24, 2.45) is 0 Å². The minimum absolute atomic E-state index is 0.0649. The molecular formula is C14H18ClN4O7P. The summed E-state index contributed by atoms with van der Waals surface area (Å²) >= 11 is 6.06. The first kappa shape index (κ1) is 19.2. The van der Waals surface area contributed by atoms with Crippen molar-refractivity contribution in [1.29, 1.82) is 0 Å². The maximum Gasteiger partial charge on any atom is 0.350 e. The monoisotopic (exact) mass is 420 g/mol. The van der Waals surface area contributed by atoms with Gasteiger partial charge in [0.1, 0.15) is 36.5 Å². The lowest BCUT2D eigenvalue weighted by Crippen LogP contribution is -2.33. The number of fused-ring (bicyclic) bond motifs is 2. The number of ether oxygens (including phenoxy) is 4. The normalized spacial score (nSPS) is 30.1. The highest BCUT2D eigenvalue weighted by atomic mass is 35.5. The average molecular weight is 421 g/mol. The molecule has 4 heterocycles. The van der Waals surface area contributed by atoms with E-state index in [1.165, 1.54) is 12.7 Å². The third-order valence-electron chi connectivity index (χ3n) is 4.26. The number of hydrogen-bond acceptors (Lipinski definition) is 8. The van der Waals surface area contributed by atoms with Crippen LogP contribution in [0.15, 0.2) is 12.7 Å². The van der Waals surface area contributed by atoms with Crippen LogP contribution in [0.1, 0.15) is 20.1 Å². The van der Waals surface area contributed by atoms with E-state index in [4.69, 9.17) is 40.3 Å². The molecule has 2 aromatic rings. The van der Waals surface area contributed by atoms with E-state index in [1.807, 2.05) is 0 Å². The highest BCUT2D eigenvalue weighted by Crippen LogP contribution is 2.44. The van der Waals surface area contributed by atoms with Crippen LogP contribution in [0.3, 0.4) is 0 Å². The largest absolute Gasteiger partial charge is 0.366 e. The molecule has 4 atom stereocenters. The van der Waals surface area contributed by atoms with Gasteiger partial charge in [-0.3, -0.25) is 9.13 Å². The van der Waals surface area contributed by atoms with Gasteiger partial charge in [-0.1, -0.05) is 11.6 Å². The maximum absolute atomic E-state index is 11.0. The van der Waals surface area contributed by atoms with Crippen molar-refractivity contribution in [1.82, 2.24) is 19.5 Å². The van der Waals surface area contributed by atoms with Gasteiger partial charge in [-0.15, -0.1) is 0 Å². The van der Waals surface area contributed by atoms with E-state index in [-0.39, 0.29) is 11.8 Å². The van der Waals surface area contributed by atoms with Gasteiger partial charge in [0.15, 0.2) is 22.8 Å². The summed E-state index contributed by atoms with van der Waals surface area (Å²) in [7, 11) is -4.27. The summed E-state index contributed by atoms with van der Waals surface area (Å²) in [5, 5.41) is 0.221. The fraction of sp³-hybridized carbons (Fsp3) is 0.643. The minimum Gasteiger partial charge on any atom is -0.366 e. The summed E-state index contributed by atoms with van der Waals surface area (Å²) in [6, 6.07) is 0. The van der Waals surface area contributed by atoms with Crippen molar-refractivity contribution in [3.05, 3.63) is 17.8 Å². The molecular weight excluding hydrogens is 403 g/mol. The van der Waals surface area contributed by atoms with Crippen LogP contribution in [0, 0.1) is 0 Å². The van der Waals surface area contributed by atoms with E-state index in [0.717, 1.165) is 0 Å². The van der Waals surface area contributed by atoms with E-state index >= 15 is 0 Å². The third-order valence-corrected chi connectivity index (χ3v) is 5.05. The highest BCUT2D eigenvalue weighted by Gasteiger charge is 2.56. The molecule has 2 fully saturated rings. The Bertz CT molecular complexity index is 903. The van der Waals surface area contributed by atoms with E-state index in [0.29, 0.717) is 11.2 Å². The molecule has 2 aliphatic heterocycles. The Morgan fingerprint density at radius 1 is 1.30 bits per heavy atom.